The first-order valence-corrected chi connectivity index (χ1v) is 7.48. The fraction of sp³-hybridized carbons (Fsp3) is 0.643. The van der Waals surface area contributed by atoms with Crippen molar-refractivity contribution in [3.63, 3.8) is 0 Å². The van der Waals surface area contributed by atoms with Crippen molar-refractivity contribution in [2.45, 2.75) is 39.0 Å². The number of carboxylic acids is 1. The molecule has 110 valence electrons. The monoisotopic (exact) mass is 297 g/mol. The van der Waals surface area contributed by atoms with Gasteiger partial charge in [0.05, 0.1) is 5.92 Å². The van der Waals surface area contributed by atoms with Gasteiger partial charge >= 0.3 is 5.97 Å². The van der Waals surface area contributed by atoms with E-state index in [9.17, 15) is 9.90 Å². The first-order valence-electron chi connectivity index (χ1n) is 7.10. The van der Waals surface area contributed by atoms with Gasteiger partial charge < -0.3 is 10.4 Å². The number of hydrogen-bond acceptors (Lipinski definition) is 4. The molecule has 0 saturated heterocycles. The Balaban J connectivity index is 2.00. The van der Waals surface area contributed by atoms with Crippen LogP contribution in [-0.4, -0.2) is 27.6 Å². The molecule has 20 heavy (non-hydrogen) atoms. The van der Waals surface area contributed by atoms with E-state index in [0.29, 0.717) is 23.3 Å². The van der Waals surface area contributed by atoms with E-state index in [1.165, 1.54) is 0 Å². The van der Waals surface area contributed by atoms with Gasteiger partial charge in [-0.3, -0.25) is 4.79 Å². The average Bonchev–Trinajstić information content (AvgIpc) is 2.44. The molecule has 1 heterocycles. The van der Waals surface area contributed by atoms with Crippen molar-refractivity contribution >= 4 is 23.4 Å². The molecule has 1 aromatic rings. The first kappa shape index (κ1) is 15.0. The topological polar surface area (TPSA) is 75.1 Å². The Morgan fingerprint density at radius 2 is 2.20 bits per heavy atom. The normalized spacial score (nSPS) is 22.5. The van der Waals surface area contributed by atoms with Crippen molar-refractivity contribution in [3.8, 4) is 0 Å². The molecule has 1 aliphatic carbocycles. The van der Waals surface area contributed by atoms with Crippen LogP contribution in [0.4, 0.5) is 5.82 Å². The lowest BCUT2D eigenvalue weighted by molar-refractivity contribution is -0.144. The van der Waals surface area contributed by atoms with E-state index in [-0.39, 0.29) is 11.8 Å². The van der Waals surface area contributed by atoms with Crippen molar-refractivity contribution in [3.05, 3.63) is 17.0 Å². The molecule has 0 radical (unpaired) electrons. The summed E-state index contributed by atoms with van der Waals surface area (Å²) in [6, 6.07) is 1.68. The van der Waals surface area contributed by atoms with Gasteiger partial charge in [0.2, 0.25) is 0 Å². The maximum atomic E-state index is 11.3. The molecule has 0 amide bonds. The number of nitrogens with one attached hydrogen (secondary N) is 1. The zero-order chi connectivity index (χ0) is 14.5. The van der Waals surface area contributed by atoms with Crippen LogP contribution in [0.25, 0.3) is 0 Å². The van der Waals surface area contributed by atoms with E-state index in [4.69, 9.17) is 11.6 Å². The molecule has 0 unspecified atom stereocenters. The second-order valence-electron chi connectivity index (χ2n) is 5.22. The Kier molecular flexibility index (Phi) is 5.17. The van der Waals surface area contributed by atoms with E-state index >= 15 is 0 Å². The maximum Gasteiger partial charge on any atom is 0.306 e. The minimum atomic E-state index is -0.688. The zero-order valence-corrected chi connectivity index (χ0v) is 12.4. The van der Waals surface area contributed by atoms with E-state index in [1.807, 2.05) is 6.92 Å². The predicted octanol–water partition coefficient (Wildman–Crippen LogP) is 3.00. The molecule has 2 rings (SSSR count). The zero-order valence-electron chi connectivity index (χ0n) is 11.6. The Bertz CT molecular complexity index is 481. The van der Waals surface area contributed by atoms with E-state index in [2.05, 4.69) is 15.3 Å². The lowest BCUT2D eigenvalue weighted by Crippen LogP contribution is -2.32. The maximum absolute atomic E-state index is 11.3. The fourth-order valence-electron chi connectivity index (χ4n) is 2.73. The summed E-state index contributed by atoms with van der Waals surface area (Å²) in [4.78, 5) is 19.7. The molecule has 1 aromatic heterocycles. The van der Waals surface area contributed by atoms with Crippen LogP contribution in [0.2, 0.25) is 5.15 Å². The molecule has 6 heteroatoms. The molecule has 0 bridgehead atoms. The summed E-state index contributed by atoms with van der Waals surface area (Å²) in [6.07, 6.45) is 4.54. The molecule has 0 aliphatic heterocycles. The van der Waals surface area contributed by atoms with E-state index in [0.717, 1.165) is 32.1 Å². The van der Waals surface area contributed by atoms with Gasteiger partial charge in [0, 0.05) is 19.0 Å². The summed E-state index contributed by atoms with van der Waals surface area (Å²) in [5.74, 6) is 0.584. The van der Waals surface area contributed by atoms with Gasteiger partial charge in [-0.05, 0) is 18.8 Å². The van der Waals surface area contributed by atoms with E-state index in [1.54, 1.807) is 6.07 Å². The highest BCUT2D eigenvalue weighted by molar-refractivity contribution is 6.29. The number of halogens is 1. The van der Waals surface area contributed by atoms with Gasteiger partial charge in [-0.25, -0.2) is 9.97 Å². The Hall–Kier alpha value is -1.36. The number of carboxylic acid groups (broad SMARTS) is 1. The molecule has 2 atom stereocenters. The second kappa shape index (κ2) is 6.88. The standard InChI is InChI=1S/C14H20ClN3O2/c1-2-12-17-11(15)7-13(18-12)16-8-9-5-3-4-6-10(9)14(19)20/h7,9-10H,2-6,8H2,1H3,(H,19,20)(H,16,17,18)/t9-,10-/m0/s1. The smallest absolute Gasteiger partial charge is 0.306 e. The number of rotatable bonds is 5. The van der Waals surface area contributed by atoms with Crippen LogP contribution < -0.4 is 5.32 Å². The van der Waals surface area contributed by atoms with Crippen LogP contribution >= 0.6 is 11.6 Å². The number of hydrogen-bond donors (Lipinski definition) is 2. The Morgan fingerprint density at radius 1 is 1.45 bits per heavy atom. The Labute approximate surface area is 123 Å². The molecule has 0 aromatic carbocycles. The summed E-state index contributed by atoms with van der Waals surface area (Å²) in [7, 11) is 0. The third kappa shape index (κ3) is 3.82. The van der Waals surface area contributed by atoms with Crippen LogP contribution in [0.5, 0.6) is 0 Å². The molecule has 1 fully saturated rings. The number of aryl methyl sites for hydroxylation is 1. The van der Waals surface area contributed by atoms with Gasteiger partial charge in [0.25, 0.3) is 0 Å². The lowest BCUT2D eigenvalue weighted by Gasteiger charge is -2.28. The molecule has 1 saturated carbocycles. The number of aromatic nitrogens is 2. The first-order chi connectivity index (χ1) is 9.60. The number of anilines is 1. The highest BCUT2D eigenvalue weighted by Crippen LogP contribution is 2.30. The largest absolute Gasteiger partial charge is 0.481 e. The van der Waals surface area contributed by atoms with Crippen molar-refractivity contribution in [1.29, 1.82) is 0 Å². The summed E-state index contributed by atoms with van der Waals surface area (Å²) in [5.41, 5.74) is 0. The minimum Gasteiger partial charge on any atom is -0.481 e. The SMILES string of the molecule is CCc1nc(Cl)cc(NC[C@@H]2CCCC[C@@H]2C(=O)O)n1. The van der Waals surface area contributed by atoms with Gasteiger partial charge in [-0.2, -0.15) is 0 Å². The number of aliphatic carboxylic acids is 1. The average molecular weight is 298 g/mol. The van der Waals surface area contributed by atoms with Crippen LogP contribution in [0.15, 0.2) is 6.07 Å². The molecule has 0 spiro atoms. The predicted molar refractivity (Wildman–Crippen MR) is 78.0 cm³/mol. The van der Waals surface area contributed by atoms with Gasteiger partial charge in [-0.15, -0.1) is 0 Å². The molecule has 1 aliphatic rings. The number of carbonyl (C=O) groups is 1. The van der Waals surface area contributed by atoms with Gasteiger partial charge in [-0.1, -0.05) is 31.4 Å². The fourth-order valence-corrected chi connectivity index (χ4v) is 2.93. The minimum absolute atomic E-state index is 0.153. The molecule has 5 nitrogen and oxygen atoms in total. The van der Waals surface area contributed by atoms with Gasteiger partial charge in [0.1, 0.15) is 16.8 Å². The summed E-state index contributed by atoms with van der Waals surface area (Å²) < 4.78 is 0. The Morgan fingerprint density at radius 3 is 2.90 bits per heavy atom. The van der Waals surface area contributed by atoms with E-state index < -0.39 is 5.97 Å². The lowest BCUT2D eigenvalue weighted by atomic mass is 9.79. The van der Waals surface area contributed by atoms with Crippen LogP contribution in [0, 0.1) is 11.8 Å². The third-order valence-electron chi connectivity index (χ3n) is 3.83. The highest BCUT2D eigenvalue weighted by Gasteiger charge is 2.30. The van der Waals surface area contributed by atoms with Gasteiger partial charge in [0.15, 0.2) is 0 Å². The molecule has 2 N–H and O–H groups in total. The van der Waals surface area contributed by atoms with Crippen molar-refractivity contribution in [2.24, 2.45) is 11.8 Å². The van der Waals surface area contributed by atoms with Crippen LogP contribution in [-0.2, 0) is 11.2 Å². The summed E-state index contributed by atoms with van der Waals surface area (Å²) >= 11 is 5.94. The van der Waals surface area contributed by atoms with Crippen molar-refractivity contribution in [1.82, 2.24) is 9.97 Å². The van der Waals surface area contributed by atoms with Crippen LogP contribution in [0.3, 0.4) is 0 Å². The summed E-state index contributed by atoms with van der Waals surface area (Å²) in [6.45, 7) is 2.59. The van der Waals surface area contributed by atoms with Crippen molar-refractivity contribution in [2.75, 3.05) is 11.9 Å². The van der Waals surface area contributed by atoms with Crippen molar-refractivity contribution < 1.29 is 9.90 Å². The van der Waals surface area contributed by atoms with Crippen LogP contribution in [0.1, 0.15) is 38.4 Å². The quantitative estimate of drug-likeness (QED) is 0.817. The third-order valence-corrected chi connectivity index (χ3v) is 4.02. The highest BCUT2D eigenvalue weighted by atomic mass is 35.5. The molecular formula is C14H20ClN3O2. The number of nitrogens with zero attached hydrogens (tertiary/aromatic N) is 2. The summed E-state index contributed by atoms with van der Waals surface area (Å²) in [5, 5.41) is 12.9. The second-order valence-corrected chi connectivity index (χ2v) is 5.60. The molecular weight excluding hydrogens is 278 g/mol.